The molecule has 1 aromatic heterocycles. The molecule has 31 heavy (non-hydrogen) atoms. The van der Waals surface area contributed by atoms with Crippen LogP contribution in [0.3, 0.4) is 0 Å². The summed E-state index contributed by atoms with van der Waals surface area (Å²) in [7, 11) is 0. The normalized spacial score (nSPS) is 17.0. The Hall–Kier alpha value is -3.42. The number of benzene rings is 1. The number of primary amides is 1. The van der Waals surface area contributed by atoms with E-state index in [-0.39, 0.29) is 30.1 Å². The summed E-state index contributed by atoms with van der Waals surface area (Å²) < 4.78 is 0. The van der Waals surface area contributed by atoms with E-state index in [0.717, 1.165) is 36.3 Å². The lowest BCUT2D eigenvalue weighted by Gasteiger charge is -2.32. The number of amides is 3. The summed E-state index contributed by atoms with van der Waals surface area (Å²) in [5.74, 6) is -0.112. The average Bonchev–Trinajstić information content (AvgIpc) is 2.74. The van der Waals surface area contributed by atoms with E-state index in [1.807, 2.05) is 42.2 Å². The number of carbonyl (C=O) groups is 3. The monoisotopic (exact) mass is 423 g/mol. The van der Waals surface area contributed by atoms with Crippen LogP contribution in [0.15, 0.2) is 42.6 Å². The number of anilines is 2. The molecule has 1 aliphatic rings. The van der Waals surface area contributed by atoms with Crippen molar-refractivity contribution in [2.75, 3.05) is 23.3 Å². The van der Waals surface area contributed by atoms with Gasteiger partial charge in [-0.2, -0.15) is 0 Å². The third-order valence-electron chi connectivity index (χ3n) is 5.43. The van der Waals surface area contributed by atoms with Gasteiger partial charge in [0.1, 0.15) is 5.82 Å². The van der Waals surface area contributed by atoms with Gasteiger partial charge in [0.05, 0.1) is 30.3 Å². The lowest BCUT2D eigenvalue weighted by molar-refractivity contribution is -0.122. The zero-order chi connectivity index (χ0) is 22.4. The van der Waals surface area contributed by atoms with Crippen LogP contribution in [0.2, 0.25) is 0 Å². The molecule has 0 radical (unpaired) electrons. The van der Waals surface area contributed by atoms with Gasteiger partial charge in [-0.3, -0.25) is 14.4 Å². The topological polar surface area (TPSA) is 117 Å². The van der Waals surface area contributed by atoms with Crippen LogP contribution >= 0.6 is 0 Å². The first kappa shape index (κ1) is 22.3. The van der Waals surface area contributed by atoms with E-state index in [2.05, 4.69) is 15.6 Å². The van der Waals surface area contributed by atoms with E-state index in [1.165, 1.54) is 6.92 Å². The molecular formula is C23H29N5O3. The number of piperidine rings is 1. The molecule has 0 spiro atoms. The maximum Gasteiger partial charge on any atom is 0.226 e. The van der Waals surface area contributed by atoms with Gasteiger partial charge in [-0.25, -0.2) is 4.98 Å². The molecule has 2 aromatic rings. The molecule has 1 aliphatic heterocycles. The third kappa shape index (κ3) is 6.28. The molecule has 1 fully saturated rings. The molecular weight excluding hydrogens is 394 g/mol. The van der Waals surface area contributed by atoms with Gasteiger partial charge < -0.3 is 21.3 Å². The van der Waals surface area contributed by atoms with Crippen molar-refractivity contribution in [1.29, 1.82) is 0 Å². The molecule has 8 nitrogen and oxygen atoms in total. The van der Waals surface area contributed by atoms with Crippen LogP contribution < -0.4 is 21.3 Å². The number of hydrogen-bond acceptors (Lipinski definition) is 5. The number of aromatic nitrogens is 1. The zero-order valence-corrected chi connectivity index (χ0v) is 17.9. The second kappa shape index (κ2) is 10.1. The summed E-state index contributed by atoms with van der Waals surface area (Å²) in [5.41, 5.74) is 8.00. The van der Waals surface area contributed by atoms with E-state index in [4.69, 9.17) is 5.73 Å². The van der Waals surface area contributed by atoms with Crippen LogP contribution in [0.5, 0.6) is 0 Å². The highest BCUT2D eigenvalue weighted by molar-refractivity contribution is 5.91. The Morgan fingerprint density at radius 3 is 2.55 bits per heavy atom. The van der Waals surface area contributed by atoms with Crippen molar-refractivity contribution in [3.63, 3.8) is 0 Å². The minimum Gasteiger partial charge on any atom is -0.369 e. The van der Waals surface area contributed by atoms with E-state index < -0.39 is 6.04 Å². The van der Waals surface area contributed by atoms with E-state index in [9.17, 15) is 14.4 Å². The van der Waals surface area contributed by atoms with Crippen LogP contribution in [-0.4, -0.2) is 35.8 Å². The van der Waals surface area contributed by atoms with Gasteiger partial charge in [0.25, 0.3) is 0 Å². The number of nitrogens with one attached hydrogen (secondary N) is 2. The van der Waals surface area contributed by atoms with Crippen molar-refractivity contribution in [1.82, 2.24) is 10.3 Å². The Morgan fingerprint density at radius 1 is 1.19 bits per heavy atom. The third-order valence-corrected chi connectivity index (χ3v) is 5.43. The average molecular weight is 424 g/mol. The van der Waals surface area contributed by atoms with Crippen molar-refractivity contribution in [3.05, 3.63) is 53.7 Å². The second-order valence-corrected chi connectivity index (χ2v) is 8.01. The van der Waals surface area contributed by atoms with Gasteiger partial charge in [0, 0.05) is 20.0 Å². The predicted molar refractivity (Wildman–Crippen MR) is 119 cm³/mol. The fourth-order valence-electron chi connectivity index (χ4n) is 3.76. The molecule has 2 unspecified atom stereocenters. The molecule has 0 bridgehead atoms. The van der Waals surface area contributed by atoms with Gasteiger partial charge in [-0.05, 0) is 37.5 Å². The lowest BCUT2D eigenvalue weighted by atomic mass is 9.97. The first-order valence-electron chi connectivity index (χ1n) is 10.5. The van der Waals surface area contributed by atoms with Gasteiger partial charge in [0.2, 0.25) is 17.7 Å². The van der Waals surface area contributed by atoms with Crippen LogP contribution in [0.25, 0.3) is 0 Å². The number of carbonyl (C=O) groups excluding carboxylic acids is 3. The number of nitrogens with two attached hydrogens (primary N) is 1. The van der Waals surface area contributed by atoms with E-state index in [1.54, 1.807) is 12.3 Å². The number of rotatable bonds is 7. The molecule has 1 aromatic carbocycles. The fraction of sp³-hybridized carbons (Fsp3) is 0.391. The molecule has 3 rings (SSSR count). The van der Waals surface area contributed by atoms with Crippen LogP contribution in [0.1, 0.15) is 43.4 Å². The van der Waals surface area contributed by atoms with Crippen molar-refractivity contribution >= 4 is 29.2 Å². The van der Waals surface area contributed by atoms with E-state index >= 15 is 0 Å². The first-order chi connectivity index (χ1) is 14.8. The van der Waals surface area contributed by atoms with Crippen LogP contribution in [0, 0.1) is 12.8 Å². The summed E-state index contributed by atoms with van der Waals surface area (Å²) in [6.45, 7) is 4.80. The Balaban J connectivity index is 1.62. The smallest absolute Gasteiger partial charge is 0.226 e. The highest BCUT2D eigenvalue weighted by atomic mass is 16.2. The predicted octanol–water partition coefficient (Wildman–Crippen LogP) is 2.30. The van der Waals surface area contributed by atoms with E-state index in [0.29, 0.717) is 12.2 Å². The minimum atomic E-state index is -0.413. The molecule has 0 saturated carbocycles. The number of nitrogens with zero attached hydrogens (tertiary/aromatic N) is 2. The number of pyridine rings is 1. The second-order valence-electron chi connectivity index (χ2n) is 8.01. The summed E-state index contributed by atoms with van der Waals surface area (Å²) >= 11 is 0. The van der Waals surface area contributed by atoms with Crippen molar-refractivity contribution in [2.24, 2.45) is 11.7 Å². The lowest BCUT2D eigenvalue weighted by Crippen LogP contribution is -2.41. The quantitative estimate of drug-likeness (QED) is 0.632. The summed E-state index contributed by atoms with van der Waals surface area (Å²) in [6, 6.07) is 10.9. The highest BCUT2D eigenvalue weighted by Gasteiger charge is 2.24. The zero-order valence-electron chi connectivity index (χ0n) is 17.9. The Kier molecular flexibility index (Phi) is 7.23. The van der Waals surface area contributed by atoms with Gasteiger partial charge in [-0.15, -0.1) is 0 Å². The molecule has 2 atom stereocenters. The number of aryl methyl sites for hydroxylation is 1. The summed E-state index contributed by atoms with van der Waals surface area (Å²) in [5, 5.41) is 5.68. The standard InChI is InChI=1S/C23H29N5O3/c1-15-5-7-17(8-6-15)20(26-16(2)29)12-22(30)27-19-9-10-21(25-13-19)28-11-3-4-18(14-28)23(24)31/h5-10,13,18,20H,3-4,11-12,14H2,1-2H3,(H2,24,31)(H,26,29)(H,27,30). The van der Waals surface area contributed by atoms with Crippen molar-refractivity contribution < 1.29 is 14.4 Å². The Bertz CT molecular complexity index is 927. The van der Waals surface area contributed by atoms with Gasteiger partial charge in [0.15, 0.2) is 0 Å². The largest absolute Gasteiger partial charge is 0.369 e. The van der Waals surface area contributed by atoms with Crippen molar-refractivity contribution in [3.8, 4) is 0 Å². The summed E-state index contributed by atoms with van der Waals surface area (Å²) in [6.07, 6.45) is 3.39. The molecule has 3 amide bonds. The maximum atomic E-state index is 12.6. The SMILES string of the molecule is CC(=O)NC(CC(=O)Nc1ccc(N2CCCC(C(N)=O)C2)nc1)c1ccc(C)cc1. The van der Waals surface area contributed by atoms with Gasteiger partial charge in [-0.1, -0.05) is 29.8 Å². The Morgan fingerprint density at radius 2 is 1.94 bits per heavy atom. The number of hydrogen-bond donors (Lipinski definition) is 3. The maximum absolute atomic E-state index is 12.6. The molecule has 1 saturated heterocycles. The summed E-state index contributed by atoms with van der Waals surface area (Å²) in [4.78, 5) is 42.2. The first-order valence-corrected chi connectivity index (χ1v) is 10.5. The molecule has 4 N–H and O–H groups in total. The highest BCUT2D eigenvalue weighted by Crippen LogP contribution is 2.23. The van der Waals surface area contributed by atoms with Crippen molar-refractivity contribution in [2.45, 2.75) is 39.2 Å². The molecule has 2 heterocycles. The van der Waals surface area contributed by atoms with Crippen LogP contribution in [-0.2, 0) is 14.4 Å². The van der Waals surface area contributed by atoms with Crippen LogP contribution in [0.4, 0.5) is 11.5 Å². The molecule has 0 aliphatic carbocycles. The molecule has 8 heteroatoms. The van der Waals surface area contributed by atoms with Gasteiger partial charge >= 0.3 is 0 Å². The molecule has 164 valence electrons. The fourth-order valence-corrected chi connectivity index (χ4v) is 3.76. The minimum absolute atomic E-state index is 0.108. The Labute approximate surface area is 182 Å².